The van der Waals surface area contributed by atoms with Gasteiger partial charge in [-0.1, -0.05) is 37.2 Å². The first-order valence-electron chi connectivity index (χ1n) is 5.83. The second-order valence-corrected chi connectivity index (χ2v) is 4.13. The first kappa shape index (κ1) is 13.4. The Hall–Kier alpha value is -1.71. The molecule has 3 N–H and O–H groups in total. The molecular weight excluding hydrogens is 216 g/mol. The molecule has 2 unspecified atom stereocenters. The van der Waals surface area contributed by atoms with Crippen molar-refractivity contribution in [2.45, 2.75) is 39.2 Å². The van der Waals surface area contributed by atoms with Gasteiger partial charge in [-0.05, 0) is 30.9 Å². The van der Waals surface area contributed by atoms with Crippen LogP contribution in [0.3, 0.4) is 0 Å². The Morgan fingerprint density at radius 3 is 2.65 bits per heavy atom. The van der Waals surface area contributed by atoms with E-state index in [1.54, 1.807) is 6.92 Å². The highest BCUT2D eigenvalue weighted by molar-refractivity contribution is 5.84. The lowest BCUT2D eigenvalue weighted by Crippen LogP contribution is -2.31. The summed E-state index contributed by atoms with van der Waals surface area (Å²) in [6.45, 7) is 6.03. The van der Waals surface area contributed by atoms with Crippen LogP contribution < -0.4 is 10.5 Å². The van der Waals surface area contributed by atoms with Gasteiger partial charge in [0, 0.05) is 0 Å². The summed E-state index contributed by atoms with van der Waals surface area (Å²) in [5, 5.41) is 11.5. The lowest BCUT2D eigenvalue weighted by Gasteiger charge is -2.19. The highest BCUT2D eigenvalue weighted by Gasteiger charge is 2.14. The number of oxime groups is 1. The summed E-state index contributed by atoms with van der Waals surface area (Å²) in [6, 6.07) is 7.86. The molecule has 1 aromatic rings. The molecule has 0 aliphatic heterocycles. The third-order valence-corrected chi connectivity index (χ3v) is 2.90. The number of nitrogens with zero attached hydrogens (tertiary/aromatic N) is 1. The summed E-state index contributed by atoms with van der Waals surface area (Å²) in [7, 11) is 0. The number of ether oxygens (including phenoxy) is 1. The van der Waals surface area contributed by atoms with Gasteiger partial charge < -0.3 is 15.7 Å². The zero-order chi connectivity index (χ0) is 12.8. The molecule has 0 aliphatic carbocycles. The van der Waals surface area contributed by atoms with Crippen LogP contribution in [0.2, 0.25) is 0 Å². The quantitative estimate of drug-likeness (QED) is 0.357. The van der Waals surface area contributed by atoms with E-state index in [0.29, 0.717) is 5.92 Å². The van der Waals surface area contributed by atoms with Crippen LogP contribution in [0.5, 0.6) is 5.75 Å². The molecule has 0 spiro atoms. The molecule has 94 valence electrons. The summed E-state index contributed by atoms with van der Waals surface area (Å²) in [5.74, 6) is 1.29. The smallest absolute Gasteiger partial charge is 0.180 e. The molecule has 1 rings (SSSR count). The summed E-state index contributed by atoms with van der Waals surface area (Å²) >= 11 is 0. The van der Waals surface area contributed by atoms with Gasteiger partial charge in [-0.25, -0.2) is 0 Å². The third-order valence-electron chi connectivity index (χ3n) is 2.90. The maximum absolute atomic E-state index is 8.59. The summed E-state index contributed by atoms with van der Waals surface area (Å²) in [5.41, 5.74) is 6.64. The van der Waals surface area contributed by atoms with Gasteiger partial charge in [0.1, 0.15) is 5.75 Å². The van der Waals surface area contributed by atoms with Gasteiger partial charge in [-0.3, -0.25) is 0 Å². The van der Waals surface area contributed by atoms with Crippen LogP contribution in [0.15, 0.2) is 29.4 Å². The van der Waals surface area contributed by atoms with Crippen LogP contribution in [0, 0.1) is 0 Å². The van der Waals surface area contributed by atoms with Crippen molar-refractivity contribution in [3.05, 3.63) is 29.8 Å². The van der Waals surface area contributed by atoms with E-state index in [1.807, 2.05) is 24.3 Å². The van der Waals surface area contributed by atoms with Crippen molar-refractivity contribution in [2.24, 2.45) is 10.9 Å². The molecule has 0 aromatic heterocycles. The average molecular weight is 236 g/mol. The van der Waals surface area contributed by atoms with E-state index >= 15 is 0 Å². The average Bonchev–Trinajstić information content (AvgIpc) is 2.37. The Bertz CT molecular complexity index is 391. The van der Waals surface area contributed by atoms with Gasteiger partial charge in [0.05, 0.1) is 0 Å². The van der Waals surface area contributed by atoms with E-state index < -0.39 is 6.10 Å². The highest BCUT2D eigenvalue weighted by Crippen LogP contribution is 2.28. The van der Waals surface area contributed by atoms with E-state index in [2.05, 4.69) is 19.0 Å². The Balaban J connectivity index is 2.91. The fourth-order valence-corrected chi connectivity index (χ4v) is 1.55. The van der Waals surface area contributed by atoms with Crippen LogP contribution in [-0.2, 0) is 0 Å². The second kappa shape index (κ2) is 6.13. The number of nitrogens with two attached hydrogens (primary N) is 1. The minimum Gasteiger partial charge on any atom is -0.482 e. The molecule has 1 aromatic carbocycles. The molecule has 0 radical (unpaired) electrons. The predicted octanol–water partition coefficient (Wildman–Crippen LogP) is 2.71. The highest BCUT2D eigenvalue weighted by atomic mass is 16.5. The van der Waals surface area contributed by atoms with Crippen molar-refractivity contribution >= 4 is 5.84 Å². The van der Waals surface area contributed by atoms with Crippen LogP contribution in [-0.4, -0.2) is 17.1 Å². The van der Waals surface area contributed by atoms with Gasteiger partial charge in [0.2, 0.25) is 0 Å². The summed E-state index contributed by atoms with van der Waals surface area (Å²) < 4.78 is 5.71. The minimum absolute atomic E-state index is 0.0731. The normalized spacial score (nSPS) is 15.4. The summed E-state index contributed by atoms with van der Waals surface area (Å²) in [6.07, 6.45) is 0.600. The molecule has 2 atom stereocenters. The molecular formula is C13H20N2O2. The van der Waals surface area contributed by atoms with Crippen LogP contribution in [0.25, 0.3) is 0 Å². The molecule has 0 amide bonds. The minimum atomic E-state index is -0.440. The number of amidine groups is 1. The van der Waals surface area contributed by atoms with Crippen molar-refractivity contribution in [3.63, 3.8) is 0 Å². The monoisotopic (exact) mass is 236 g/mol. The van der Waals surface area contributed by atoms with Crippen molar-refractivity contribution in [2.75, 3.05) is 0 Å². The van der Waals surface area contributed by atoms with Crippen LogP contribution in [0.1, 0.15) is 38.7 Å². The molecule has 0 saturated carbocycles. The Kier molecular flexibility index (Phi) is 4.82. The molecule has 4 nitrogen and oxygen atoms in total. The SMILES string of the molecule is CCC(C)c1ccccc1OC(C)C(N)=NO. The predicted molar refractivity (Wildman–Crippen MR) is 68.6 cm³/mol. The van der Waals surface area contributed by atoms with E-state index in [4.69, 9.17) is 15.7 Å². The zero-order valence-electron chi connectivity index (χ0n) is 10.6. The van der Waals surface area contributed by atoms with Gasteiger partial charge in [0.15, 0.2) is 11.9 Å². The van der Waals surface area contributed by atoms with Crippen molar-refractivity contribution in [1.82, 2.24) is 0 Å². The third kappa shape index (κ3) is 3.37. The fraction of sp³-hybridized carbons (Fsp3) is 0.462. The van der Waals surface area contributed by atoms with Crippen LogP contribution >= 0.6 is 0 Å². The van der Waals surface area contributed by atoms with E-state index in [1.165, 1.54) is 0 Å². The first-order valence-corrected chi connectivity index (χ1v) is 5.83. The number of hydrogen-bond donors (Lipinski definition) is 2. The molecule has 4 heteroatoms. The number of rotatable bonds is 5. The Morgan fingerprint density at radius 2 is 2.06 bits per heavy atom. The molecule has 0 heterocycles. The Labute approximate surface area is 102 Å². The first-order chi connectivity index (χ1) is 8.10. The zero-order valence-corrected chi connectivity index (χ0v) is 10.6. The molecule has 0 aliphatic rings. The molecule has 0 fully saturated rings. The van der Waals surface area contributed by atoms with Gasteiger partial charge in [0.25, 0.3) is 0 Å². The standard InChI is InChI=1S/C13H20N2O2/c1-4-9(2)11-7-5-6-8-12(11)17-10(3)13(14)15-16/h5-10,16H,4H2,1-3H3,(H2,14,15). The van der Waals surface area contributed by atoms with Crippen molar-refractivity contribution in [3.8, 4) is 5.75 Å². The van der Waals surface area contributed by atoms with Gasteiger partial charge in [-0.15, -0.1) is 0 Å². The molecule has 0 bridgehead atoms. The second-order valence-electron chi connectivity index (χ2n) is 4.13. The Morgan fingerprint density at radius 1 is 1.41 bits per heavy atom. The van der Waals surface area contributed by atoms with Gasteiger partial charge in [-0.2, -0.15) is 0 Å². The number of para-hydroxylation sites is 1. The lowest BCUT2D eigenvalue weighted by atomic mass is 9.98. The van der Waals surface area contributed by atoms with E-state index in [9.17, 15) is 0 Å². The van der Waals surface area contributed by atoms with E-state index in [0.717, 1.165) is 17.7 Å². The number of hydrogen-bond acceptors (Lipinski definition) is 3. The lowest BCUT2D eigenvalue weighted by molar-refractivity contribution is 0.262. The maximum atomic E-state index is 8.59. The topological polar surface area (TPSA) is 67.8 Å². The van der Waals surface area contributed by atoms with Gasteiger partial charge >= 0.3 is 0 Å². The molecule has 0 saturated heterocycles. The van der Waals surface area contributed by atoms with E-state index in [-0.39, 0.29) is 5.84 Å². The molecule has 17 heavy (non-hydrogen) atoms. The van der Waals surface area contributed by atoms with Crippen LogP contribution in [0.4, 0.5) is 0 Å². The summed E-state index contributed by atoms with van der Waals surface area (Å²) in [4.78, 5) is 0. The maximum Gasteiger partial charge on any atom is 0.180 e. The number of benzene rings is 1. The van der Waals surface area contributed by atoms with Crippen molar-refractivity contribution < 1.29 is 9.94 Å². The van der Waals surface area contributed by atoms with Crippen molar-refractivity contribution in [1.29, 1.82) is 0 Å². The largest absolute Gasteiger partial charge is 0.482 e. The fourth-order valence-electron chi connectivity index (χ4n) is 1.55.